The number of amides is 1. The van der Waals surface area contributed by atoms with Crippen molar-refractivity contribution >= 4 is 38.9 Å². The summed E-state index contributed by atoms with van der Waals surface area (Å²) in [5.41, 5.74) is 1.08. The maximum Gasteiger partial charge on any atom is 0.243 e. The molecule has 0 atom stereocenters. The lowest BCUT2D eigenvalue weighted by Gasteiger charge is -2.20. The van der Waals surface area contributed by atoms with Crippen LogP contribution in [0.2, 0.25) is 0 Å². The van der Waals surface area contributed by atoms with E-state index in [9.17, 15) is 13.2 Å². The second-order valence-electron chi connectivity index (χ2n) is 4.70. The van der Waals surface area contributed by atoms with Crippen molar-refractivity contribution in [1.82, 2.24) is 14.7 Å². The molecule has 0 unspecified atom stereocenters. The second kappa shape index (κ2) is 5.82. The maximum atomic E-state index is 11.7. The molecule has 9 nitrogen and oxygen atoms in total. The molecule has 120 valence electrons. The van der Waals surface area contributed by atoms with Crippen LogP contribution in [0.15, 0.2) is 35.5 Å². The fourth-order valence-corrected chi connectivity index (χ4v) is 2.78. The first kappa shape index (κ1) is 15.2. The molecule has 23 heavy (non-hydrogen) atoms. The van der Waals surface area contributed by atoms with Crippen LogP contribution in [0, 0.1) is 0 Å². The number of anilines is 4. The topological polar surface area (TPSA) is 125 Å². The van der Waals surface area contributed by atoms with Gasteiger partial charge in [0, 0.05) is 5.69 Å². The van der Waals surface area contributed by atoms with Crippen molar-refractivity contribution in [1.29, 1.82) is 0 Å². The number of hydrogen-bond acceptors (Lipinski definition) is 7. The minimum atomic E-state index is -3.48. The third kappa shape index (κ3) is 3.07. The highest BCUT2D eigenvalue weighted by Gasteiger charge is 2.19. The number of benzene rings is 1. The predicted molar refractivity (Wildman–Crippen MR) is 85.1 cm³/mol. The average Bonchev–Trinajstić information content (AvgIpc) is 2.56. The van der Waals surface area contributed by atoms with Crippen LogP contribution in [-0.4, -0.2) is 37.9 Å². The van der Waals surface area contributed by atoms with Crippen LogP contribution >= 0.6 is 0 Å². The maximum absolute atomic E-state index is 11.7. The van der Waals surface area contributed by atoms with E-state index in [0.717, 1.165) is 0 Å². The summed E-state index contributed by atoms with van der Waals surface area (Å²) < 4.78 is 25.6. The summed E-state index contributed by atoms with van der Waals surface area (Å²) >= 11 is 0. The van der Waals surface area contributed by atoms with Crippen molar-refractivity contribution in [2.45, 2.75) is 4.90 Å². The SMILES string of the molecule is CNS(=O)(=O)c1ccc(Nc2ncnc3c2NC(=O)CN3)cc1. The van der Waals surface area contributed by atoms with Crippen molar-refractivity contribution in [3.8, 4) is 0 Å². The molecular formula is C13H14N6O3S. The third-order valence-electron chi connectivity index (χ3n) is 3.22. The van der Waals surface area contributed by atoms with Gasteiger partial charge < -0.3 is 16.0 Å². The van der Waals surface area contributed by atoms with Gasteiger partial charge in [0.15, 0.2) is 11.6 Å². The van der Waals surface area contributed by atoms with Crippen molar-refractivity contribution in [3.05, 3.63) is 30.6 Å². The molecule has 2 aromatic rings. The first-order valence-corrected chi connectivity index (χ1v) is 8.17. The van der Waals surface area contributed by atoms with Crippen LogP contribution in [0.1, 0.15) is 0 Å². The minimum Gasteiger partial charge on any atom is -0.359 e. The Labute approximate surface area is 132 Å². The zero-order chi connectivity index (χ0) is 16.4. The fraction of sp³-hybridized carbons (Fsp3) is 0.154. The Hall–Kier alpha value is -2.72. The number of rotatable bonds is 4. The van der Waals surface area contributed by atoms with Gasteiger partial charge in [-0.2, -0.15) is 0 Å². The summed E-state index contributed by atoms with van der Waals surface area (Å²) in [4.78, 5) is 19.8. The predicted octanol–water partition coefficient (Wildman–Crippen LogP) is 0.492. The largest absolute Gasteiger partial charge is 0.359 e. The van der Waals surface area contributed by atoms with Crippen LogP contribution < -0.4 is 20.7 Å². The normalized spacial score (nSPS) is 13.7. The van der Waals surface area contributed by atoms with Crippen LogP contribution in [0.4, 0.5) is 23.0 Å². The standard InChI is InChI=1S/C13H14N6O3S/c1-14-23(21,22)9-4-2-8(3-5-9)18-13-11-12(16-7-17-13)15-6-10(20)19-11/h2-5,7,14H,6H2,1H3,(H,19,20)(H2,15,16,17,18). The summed E-state index contributed by atoms with van der Waals surface area (Å²) in [6, 6.07) is 6.16. The Bertz CT molecular complexity index is 851. The van der Waals surface area contributed by atoms with E-state index in [4.69, 9.17) is 0 Å². The lowest BCUT2D eigenvalue weighted by molar-refractivity contribution is -0.114. The molecule has 0 saturated carbocycles. The molecule has 10 heteroatoms. The van der Waals surface area contributed by atoms with Crippen molar-refractivity contribution in [2.24, 2.45) is 0 Å². The summed E-state index contributed by atoms with van der Waals surface area (Å²) in [5.74, 6) is 0.752. The number of aromatic nitrogens is 2. The van der Waals surface area contributed by atoms with Crippen LogP contribution in [0.3, 0.4) is 0 Å². The summed E-state index contributed by atoms with van der Waals surface area (Å²) in [6.07, 6.45) is 1.37. The van der Waals surface area contributed by atoms with Crippen LogP contribution in [-0.2, 0) is 14.8 Å². The number of fused-ring (bicyclic) bond motifs is 1. The van der Waals surface area contributed by atoms with E-state index in [0.29, 0.717) is 23.0 Å². The van der Waals surface area contributed by atoms with Gasteiger partial charge >= 0.3 is 0 Å². The molecule has 0 radical (unpaired) electrons. The molecule has 3 rings (SSSR count). The van der Waals surface area contributed by atoms with Gasteiger partial charge in [0.25, 0.3) is 0 Å². The van der Waals surface area contributed by atoms with E-state index in [2.05, 4.69) is 30.6 Å². The number of nitrogens with zero attached hydrogens (tertiary/aromatic N) is 2. The minimum absolute atomic E-state index is 0.153. The number of sulfonamides is 1. The molecule has 0 aliphatic carbocycles. The quantitative estimate of drug-likeness (QED) is 0.641. The summed E-state index contributed by atoms with van der Waals surface area (Å²) in [5, 5.41) is 8.61. The van der Waals surface area contributed by atoms with Gasteiger partial charge in [0.1, 0.15) is 12.0 Å². The van der Waals surface area contributed by atoms with Gasteiger partial charge in [-0.15, -0.1) is 0 Å². The molecule has 1 aliphatic heterocycles. The smallest absolute Gasteiger partial charge is 0.243 e. The van der Waals surface area contributed by atoms with E-state index in [1.807, 2.05) is 0 Å². The Morgan fingerprint density at radius 3 is 2.61 bits per heavy atom. The molecule has 0 fully saturated rings. The fourth-order valence-electron chi connectivity index (χ4n) is 2.05. The van der Waals surface area contributed by atoms with Gasteiger partial charge in [-0.05, 0) is 31.3 Å². The van der Waals surface area contributed by atoms with E-state index < -0.39 is 10.0 Å². The Balaban J connectivity index is 1.87. The van der Waals surface area contributed by atoms with Gasteiger partial charge in [-0.1, -0.05) is 0 Å². The Morgan fingerprint density at radius 1 is 1.17 bits per heavy atom. The number of hydrogen-bond donors (Lipinski definition) is 4. The first-order valence-electron chi connectivity index (χ1n) is 6.69. The highest BCUT2D eigenvalue weighted by atomic mass is 32.2. The zero-order valence-electron chi connectivity index (χ0n) is 12.1. The van der Waals surface area contributed by atoms with E-state index in [1.165, 1.54) is 25.5 Å². The second-order valence-corrected chi connectivity index (χ2v) is 6.59. The molecule has 0 bridgehead atoms. The Kier molecular flexibility index (Phi) is 3.84. The summed E-state index contributed by atoms with van der Waals surface area (Å²) in [7, 11) is -2.13. The molecule has 1 aromatic carbocycles. The zero-order valence-corrected chi connectivity index (χ0v) is 12.9. The molecule has 0 saturated heterocycles. The van der Waals surface area contributed by atoms with Crippen molar-refractivity contribution in [3.63, 3.8) is 0 Å². The van der Waals surface area contributed by atoms with Crippen molar-refractivity contribution in [2.75, 3.05) is 29.5 Å². The monoisotopic (exact) mass is 334 g/mol. The number of carbonyl (C=O) groups is 1. The molecule has 2 heterocycles. The molecule has 1 amide bonds. The molecule has 0 spiro atoms. The molecule has 1 aromatic heterocycles. The molecule has 1 aliphatic rings. The van der Waals surface area contributed by atoms with Gasteiger partial charge in [-0.25, -0.2) is 23.1 Å². The third-order valence-corrected chi connectivity index (χ3v) is 4.65. The van der Waals surface area contributed by atoms with Gasteiger partial charge in [-0.3, -0.25) is 4.79 Å². The average molecular weight is 334 g/mol. The lowest BCUT2D eigenvalue weighted by Crippen LogP contribution is -2.28. The summed E-state index contributed by atoms with van der Waals surface area (Å²) in [6.45, 7) is 0.153. The highest BCUT2D eigenvalue weighted by Crippen LogP contribution is 2.30. The van der Waals surface area contributed by atoms with Gasteiger partial charge in [0.2, 0.25) is 15.9 Å². The number of nitrogens with one attached hydrogen (secondary N) is 4. The Morgan fingerprint density at radius 2 is 1.91 bits per heavy atom. The van der Waals surface area contributed by atoms with Crippen LogP contribution in [0.5, 0.6) is 0 Å². The van der Waals surface area contributed by atoms with Gasteiger partial charge in [0.05, 0.1) is 11.4 Å². The van der Waals surface area contributed by atoms with Crippen molar-refractivity contribution < 1.29 is 13.2 Å². The lowest BCUT2D eigenvalue weighted by atomic mass is 10.3. The first-order chi connectivity index (χ1) is 11.0. The highest BCUT2D eigenvalue weighted by molar-refractivity contribution is 7.89. The van der Waals surface area contributed by atoms with E-state index in [1.54, 1.807) is 12.1 Å². The number of carbonyl (C=O) groups excluding carboxylic acids is 1. The van der Waals surface area contributed by atoms with E-state index >= 15 is 0 Å². The molecule has 4 N–H and O–H groups in total. The van der Waals surface area contributed by atoms with E-state index in [-0.39, 0.29) is 17.3 Å². The van der Waals surface area contributed by atoms with Crippen LogP contribution in [0.25, 0.3) is 0 Å². The molecular weight excluding hydrogens is 320 g/mol.